The molecule has 0 aliphatic heterocycles. The van der Waals surface area contributed by atoms with Gasteiger partial charge in [-0.25, -0.2) is 0 Å². The van der Waals surface area contributed by atoms with Crippen LogP contribution in [0, 0.1) is 0 Å². The number of rotatable bonds is 0. The zero-order chi connectivity index (χ0) is 4.50. The van der Waals surface area contributed by atoms with Gasteiger partial charge in [-0.2, -0.15) is 0 Å². The quantitative estimate of drug-likeness (QED) is 0.272. The third-order valence-electron chi connectivity index (χ3n) is 0. The summed E-state index contributed by atoms with van der Waals surface area (Å²) < 4.78 is 0. The fourth-order valence-corrected chi connectivity index (χ4v) is 0. The van der Waals surface area contributed by atoms with Gasteiger partial charge in [-0.1, -0.05) is 0 Å². The fourth-order valence-electron chi connectivity index (χ4n) is 0. The molecule has 0 unspecified atom stereocenters. The van der Waals surface area contributed by atoms with Crippen LogP contribution in [0.2, 0.25) is 0 Å². The standard InChI is InChI=1S/Na.H4O4Si.Ti.H/c;1-5(2,3)4;;/h;1-4H;;/q+1;;;-1. The molecular formula is H5NaO4SiTi. The van der Waals surface area contributed by atoms with Gasteiger partial charge >= 0.3 is 38.6 Å². The molecule has 7 heteroatoms. The van der Waals surface area contributed by atoms with Gasteiger partial charge in [0.05, 0.1) is 0 Å². The van der Waals surface area contributed by atoms with E-state index in [9.17, 15) is 0 Å². The molecule has 0 fully saturated rings. The molecule has 0 saturated carbocycles. The summed E-state index contributed by atoms with van der Waals surface area (Å²) in [7, 11) is -4.61. The number of hydrogen-bond acceptors (Lipinski definition) is 4. The summed E-state index contributed by atoms with van der Waals surface area (Å²) in [5.41, 5.74) is 0. The molecule has 4 N–H and O–H groups in total. The second-order valence-electron chi connectivity index (χ2n) is 0.600. The van der Waals surface area contributed by atoms with Crippen LogP contribution in [0.3, 0.4) is 0 Å². The van der Waals surface area contributed by atoms with Crippen LogP contribution in [0.4, 0.5) is 0 Å². The molecule has 0 aliphatic rings. The van der Waals surface area contributed by atoms with Crippen molar-refractivity contribution >= 4 is 9.05 Å². The first kappa shape index (κ1) is 15.9. The molecule has 0 bridgehead atoms. The third-order valence-corrected chi connectivity index (χ3v) is 0. The van der Waals surface area contributed by atoms with Crippen LogP contribution < -0.4 is 29.6 Å². The maximum Gasteiger partial charge on any atom is 1.00 e. The van der Waals surface area contributed by atoms with E-state index in [2.05, 4.69) is 0 Å². The van der Waals surface area contributed by atoms with Crippen molar-refractivity contribution in [3.05, 3.63) is 0 Å². The minimum atomic E-state index is -4.61. The van der Waals surface area contributed by atoms with E-state index < -0.39 is 9.05 Å². The van der Waals surface area contributed by atoms with E-state index in [1.807, 2.05) is 0 Å². The average Bonchev–Trinajstić information content (AvgIpc) is 0.722. The predicted molar refractivity (Wildman–Crippen MR) is 15.7 cm³/mol. The summed E-state index contributed by atoms with van der Waals surface area (Å²) in [6.45, 7) is 0. The van der Waals surface area contributed by atoms with Crippen molar-refractivity contribution in [2.45, 2.75) is 0 Å². The van der Waals surface area contributed by atoms with Gasteiger partial charge in [-0.15, -0.1) is 0 Å². The first-order chi connectivity index (χ1) is 2.00. The van der Waals surface area contributed by atoms with Crippen molar-refractivity contribution in [1.82, 2.24) is 0 Å². The van der Waals surface area contributed by atoms with Gasteiger partial charge in [-0.05, 0) is 0 Å². The second kappa shape index (κ2) is 5.90. The molecule has 0 saturated heterocycles. The van der Waals surface area contributed by atoms with Gasteiger partial charge < -0.3 is 20.6 Å². The van der Waals surface area contributed by atoms with Gasteiger partial charge in [0.25, 0.3) is 0 Å². The van der Waals surface area contributed by atoms with Gasteiger partial charge in [0.1, 0.15) is 0 Å². The molecule has 0 rings (SSSR count). The maximum atomic E-state index is 7.33. The Morgan fingerprint density at radius 3 is 1.00 bits per heavy atom. The fraction of sp³-hybridized carbons (Fsp3) is 0. The van der Waals surface area contributed by atoms with Gasteiger partial charge in [0, 0.05) is 21.7 Å². The van der Waals surface area contributed by atoms with Crippen LogP contribution in [0.5, 0.6) is 0 Å². The molecule has 38 valence electrons. The molecule has 4 nitrogen and oxygen atoms in total. The normalized spacial score (nSPS) is 8.57. The first-order valence-electron chi connectivity index (χ1n) is 0.894. The van der Waals surface area contributed by atoms with Crippen LogP contribution in [0.25, 0.3) is 0 Å². The van der Waals surface area contributed by atoms with E-state index in [1.54, 1.807) is 0 Å². The van der Waals surface area contributed by atoms with Crippen LogP contribution in [0.1, 0.15) is 1.43 Å². The molecule has 0 aromatic heterocycles. The molecule has 0 aromatic carbocycles. The summed E-state index contributed by atoms with van der Waals surface area (Å²) >= 11 is 0. The Labute approximate surface area is 80.3 Å². The zero-order valence-electron chi connectivity index (χ0n) is 4.79. The van der Waals surface area contributed by atoms with Gasteiger partial charge in [0.15, 0.2) is 0 Å². The summed E-state index contributed by atoms with van der Waals surface area (Å²) in [5, 5.41) is 0. The Hall–Kier alpha value is 1.77. The minimum absolute atomic E-state index is 0. The molecular weight excluding hydrogens is 163 g/mol. The summed E-state index contributed by atoms with van der Waals surface area (Å²) in [6.07, 6.45) is 0. The molecule has 0 atom stereocenters. The van der Waals surface area contributed by atoms with Crippen molar-refractivity contribution in [3.63, 3.8) is 0 Å². The van der Waals surface area contributed by atoms with E-state index in [-0.39, 0.29) is 52.7 Å². The molecule has 0 heterocycles. The largest absolute Gasteiger partial charge is 1.00 e. The molecule has 0 aliphatic carbocycles. The Kier molecular flexibility index (Phi) is 13.4. The Balaban J connectivity index is -0.0000000267. The van der Waals surface area contributed by atoms with Crippen LogP contribution in [0.15, 0.2) is 0 Å². The molecule has 0 amide bonds. The zero-order valence-corrected chi connectivity index (χ0v) is 8.35. The summed E-state index contributed by atoms with van der Waals surface area (Å²) in [5.74, 6) is 0. The molecule has 0 aromatic rings. The van der Waals surface area contributed by atoms with E-state index in [0.29, 0.717) is 0 Å². The average molecular weight is 168 g/mol. The topological polar surface area (TPSA) is 80.9 Å². The van der Waals surface area contributed by atoms with Gasteiger partial charge in [-0.3, -0.25) is 0 Å². The molecule has 0 radical (unpaired) electrons. The van der Waals surface area contributed by atoms with Crippen molar-refractivity contribution in [2.75, 3.05) is 0 Å². The Morgan fingerprint density at radius 2 is 1.00 bits per heavy atom. The second-order valence-corrected chi connectivity index (χ2v) is 1.80. The molecule has 7 heavy (non-hydrogen) atoms. The van der Waals surface area contributed by atoms with Crippen molar-refractivity contribution < 1.29 is 71.9 Å². The van der Waals surface area contributed by atoms with E-state index >= 15 is 0 Å². The number of hydrogen-bond donors (Lipinski definition) is 4. The van der Waals surface area contributed by atoms with Gasteiger partial charge in [0.2, 0.25) is 0 Å². The van der Waals surface area contributed by atoms with Crippen molar-refractivity contribution in [1.29, 1.82) is 0 Å². The van der Waals surface area contributed by atoms with Crippen LogP contribution >= 0.6 is 0 Å². The Bertz CT molecular complexity index is 31.5. The monoisotopic (exact) mass is 168 g/mol. The minimum Gasteiger partial charge on any atom is -1.00 e. The predicted octanol–water partition coefficient (Wildman–Crippen LogP) is -5.49. The van der Waals surface area contributed by atoms with E-state index in [1.165, 1.54) is 0 Å². The van der Waals surface area contributed by atoms with E-state index in [0.717, 1.165) is 0 Å². The third kappa shape index (κ3) is 82.5. The van der Waals surface area contributed by atoms with Crippen molar-refractivity contribution in [3.8, 4) is 0 Å². The summed E-state index contributed by atoms with van der Waals surface area (Å²) in [6, 6.07) is 0. The van der Waals surface area contributed by atoms with Crippen LogP contribution in [-0.4, -0.2) is 28.2 Å². The van der Waals surface area contributed by atoms with Crippen molar-refractivity contribution in [2.24, 2.45) is 0 Å². The summed E-state index contributed by atoms with van der Waals surface area (Å²) in [4.78, 5) is 29.3. The Morgan fingerprint density at radius 1 is 1.00 bits per heavy atom. The van der Waals surface area contributed by atoms with E-state index in [4.69, 9.17) is 19.2 Å². The first-order valence-corrected chi connectivity index (χ1v) is 2.68. The smallest absolute Gasteiger partial charge is 1.00 e. The maximum absolute atomic E-state index is 7.33. The van der Waals surface area contributed by atoms with Crippen LogP contribution in [-0.2, 0) is 21.7 Å². The molecule has 0 spiro atoms. The SMILES string of the molecule is O[Si](O)(O)O.[H-].[Na+].[Ti].